The summed E-state index contributed by atoms with van der Waals surface area (Å²) in [5.41, 5.74) is 5.54. The average Bonchev–Trinajstić information content (AvgIpc) is 3.28. The molecule has 0 bridgehead atoms. The van der Waals surface area contributed by atoms with Gasteiger partial charge in [0.2, 0.25) is 0 Å². The summed E-state index contributed by atoms with van der Waals surface area (Å²) < 4.78 is 0. The van der Waals surface area contributed by atoms with Crippen LogP contribution in [0.1, 0.15) is 76.1 Å². The first-order valence-electron chi connectivity index (χ1n) is 12.0. The lowest BCUT2D eigenvalue weighted by atomic mass is 9.94. The van der Waals surface area contributed by atoms with Gasteiger partial charge in [-0.2, -0.15) is 0 Å². The molecule has 4 rings (SSSR count). The lowest BCUT2D eigenvalue weighted by Gasteiger charge is -2.21. The molecule has 174 valence electrons. The molecule has 2 N–H and O–H groups in total. The lowest BCUT2D eigenvalue weighted by Crippen LogP contribution is -2.31. The minimum absolute atomic E-state index is 0.0150. The van der Waals surface area contributed by atoms with Gasteiger partial charge in [-0.05, 0) is 36.5 Å². The Kier molecular flexibility index (Phi) is 7.39. The van der Waals surface area contributed by atoms with Crippen LogP contribution < -0.4 is 5.32 Å². The molecule has 0 aliphatic carbocycles. The van der Waals surface area contributed by atoms with Crippen molar-refractivity contribution in [1.29, 1.82) is 0 Å². The zero-order valence-electron chi connectivity index (χ0n) is 20.1. The number of H-pyrrole nitrogens is 1. The van der Waals surface area contributed by atoms with Crippen molar-refractivity contribution in [2.45, 2.75) is 45.6 Å². The van der Waals surface area contributed by atoms with Crippen LogP contribution in [-0.4, -0.2) is 23.1 Å². The molecular formula is C30H32N2O2. The van der Waals surface area contributed by atoms with Crippen LogP contribution in [0, 0.1) is 6.92 Å². The number of aromatic amines is 1. The highest BCUT2D eigenvalue weighted by Gasteiger charge is 2.25. The van der Waals surface area contributed by atoms with Gasteiger partial charge < -0.3 is 10.3 Å². The number of hydrogen-bond acceptors (Lipinski definition) is 3. The molecule has 0 aliphatic heterocycles. The number of Topliss-reactive ketones (excluding diaryl/α,β-unsaturated/α-hetero) is 2. The van der Waals surface area contributed by atoms with E-state index in [9.17, 15) is 9.59 Å². The Balaban J connectivity index is 1.60. The summed E-state index contributed by atoms with van der Waals surface area (Å²) in [5.74, 6) is 0.400. The van der Waals surface area contributed by atoms with Gasteiger partial charge >= 0.3 is 0 Å². The Labute approximate surface area is 201 Å². The van der Waals surface area contributed by atoms with Gasteiger partial charge in [0.1, 0.15) is 0 Å². The van der Waals surface area contributed by atoms with E-state index < -0.39 is 6.04 Å². The Hall–Kier alpha value is -3.50. The number of aromatic nitrogens is 1. The van der Waals surface area contributed by atoms with Crippen molar-refractivity contribution in [1.82, 2.24) is 10.3 Å². The Morgan fingerprint density at radius 3 is 2.38 bits per heavy atom. The molecule has 0 radical (unpaired) electrons. The van der Waals surface area contributed by atoms with Gasteiger partial charge in [-0.3, -0.25) is 9.59 Å². The molecule has 0 amide bonds. The maximum Gasteiger partial charge on any atom is 0.186 e. The maximum atomic E-state index is 13.8. The van der Waals surface area contributed by atoms with Crippen molar-refractivity contribution in [3.63, 3.8) is 0 Å². The number of aryl methyl sites for hydroxylation is 1. The highest BCUT2D eigenvalue weighted by molar-refractivity contribution is 6.11. The molecule has 2 atom stereocenters. The van der Waals surface area contributed by atoms with Crippen molar-refractivity contribution < 1.29 is 9.59 Å². The van der Waals surface area contributed by atoms with Crippen LogP contribution in [-0.2, 0) is 0 Å². The molecule has 1 aromatic heterocycles. The van der Waals surface area contributed by atoms with Crippen LogP contribution in [0.4, 0.5) is 0 Å². The highest BCUT2D eigenvalue weighted by Crippen LogP contribution is 2.27. The molecule has 1 heterocycles. The summed E-state index contributed by atoms with van der Waals surface area (Å²) in [6.45, 7) is 6.93. The van der Waals surface area contributed by atoms with E-state index in [4.69, 9.17) is 0 Å². The van der Waals surface area contributed by atoms with Gasteiger partial charge in [0.15, 0.2) is 11.6 Å². The number of hydrogen-bond donors (Lipinski definition) is 2. The zero-order chi connectivity index (χ0) is 24.1. The predicted octanol–water partition coefficient (Wildman–Crippen LogP) is 6.78. The quantitative estimate of drug-likeness (QED) is 0.261. The van der Waals surface area contributed by atoms with Crippen LogP contribution in [0.25, 0.3) is 10.9 Å². The van der Waals surface area contributed by atoms with Crippen LogP contribution in [0.2, 0.25) is 0 Å². The number of fused-ring (bicyclic) bond motifs is 1. The van der Waals surface area contributed by atoms with Gasteiger partial charge in [-0.1, -0.05) is 86.1 Å². The molecule has 4 nitrogen and oxygen atoms in total. The third kappa shape index (κ3) is 5.18. The van der Waals surface area contributed by atoms with Crippen molar-refractivity contribution in [2.75, 3.05) is 6.54 Å². The fourth-order valence-electron chi connectivity index (χ4n) is 4.35. The maximum absolute atomic E-state index is 13.8. The van der Waals surface area contributed by atoms with Crippen molar-refractivity contribution >= 4 is 22.5 Å². The predicted molar refractivity (Wildman–Crippen MR) is 139 cm³/mol. The van der Waals surface area contributed by atoms with Crippen molar-refractivity contribution in [3.8, 4) is 0 Å². The van der Waals surface area contributed by atoms with Gasteiger partial charge in [-0.25, -0.2) is 0 Å². The summed E-state index contributed by atoms with van der Waals surface area (Å²) in [4.78, 5) is 29.3. The standard InChI is InChI=1S/C30H32N2O2/c1-4-8-28(33)24-15-16-25-26(19-31-27(25)17-24)30(34)29(23-9-6-5-7-10-23)32-18-21(3)22-13-11-20(2)12-14-22/h5-7,9-17,19,21,29,31-32H,4,8,18H2,1-3H3/t21-,29-/m0/s1. The van der Waals surface area contributed by atoms with E-state index in [-0.39, 0.29) is 17.5 Å². The fraction of sp³-hybridized carbons (Fsp3) is 0.267. The average molecular weight is 453 g/mol. The molecule has 4 heteroatoms. The van der Waals surface area contributed by atoms with E-state index in [1.807, 2.05) is 55.5 Å². The molecule has 3 aromatic carbocycles. The minimum Gasteiger partial charge on any atom is -0.360 e. The van der Waals surface area contributed by atoms with Crippen molar-refractivity contribution in [3.05, 3.63) is 107 Å². The number of carbonyl (C=O) groups excluding carboxylic acids is 2. The van der Waals surface area contributed by atoms with E-state index in [0.29, 0.717) is 24.1 Å². The van der Waals surface area contributed by atoms with E-state index in [2.05, 4.69) is 48.4 Å². The highest BCUT2D eigenvalue weighted by atomic mass is 16.1. The summed E-state index contributed by atoms with van der Waals surface area (Å²) in [6.07, 6.45) is 3.11. The lowest BCUT2D eigenvalue weighted by molar-refractivity contribution is 0.0942. The van der Waals surface area contributed by atoms with E-state index >= 15 is 0 Å². The Morgan fingerprint density at radius 1 is 0.941 bits per heavy atom. The Bertz CT molecular complexity index is 1270. The zero-order valence-corrected chi connectivity index (χ0v) is 20.1. The summed E-state index contributed by atoms with van der Waals surface area (Å²) in [7, 11) is 0. The van der Waals surface area contributed by atoms with Gasteiger partial charge in [0, 0.05) is 41.2 Å². The normalized spacial score (nSPS) is 13.0. The molecule has 0 saturated carbocycles. The van der Waals surface area contributed by atoms with Gasteiger partial charge in [0.25, 0.3) is 0 Å². The third-order valence-corrected chi connectivity index (χ3v) is 6.42. The fourth-order valence-corrected chi connectivity index (χ4v) is 4.35. The van der Waals surface area contributed by atoms with Crippen LogP contribution in [0.5, 0.6) is 0 Å². The second kappa shape index (κ2) is 10.6. The molecule has 0 saturated heterocycles. The monoisotopic (exact) mass is 452 g/mol. The molecular weight excluding hydrogens is 420 g/mol. The molecule has 4 aromatic rings. The molecule has 0 spiro atoms. The second-order valence-electron chi connectivity index (χ2n) is 9.06. The van der Waals surface area contributed by atoms with Gasteiger partial charge in [0.05, 0.1) is 6.04 Å². The van der Waals surface area contributed by atoms with Crippen LogP contribution in [0.15, 0.2) is 79.0 Å². The molecule has 0 fully saturated rings. The molecule has 34 heavy (non-hydrogen) atoms. The molecule has 0 aliphatic rings. The largest absolute Gasteiger partial charge is 0.360 e. The number of benzene rings is 3. The smallest absolute Gasteiger partial charge is 0.186 e. The van der Waals surface area contributed by atoms with Crippen LogP contribution in [0.3, 0.4) is 0 Å². The van der Waals surface area contributed by atoms with E-state index in [0.717, 1.165) is 22.9 Å². The van der Waals surface area contributed by atoms with E-state index in [1.54, 1.807) is 6.20 Å². The number of carbonyl (C=O) groups is 2. The first kappa shape index (κ1) is 23.7. The summed E-state index contributed by atoms with van der Waals surface area (Å²) in [6, 6.07) is 23.5. The minimum atomic E-state index is -0.463. The third-order valence-electron chi connectivity index (χ3n) is 6.42. The topological polar surface area (TPSA) is 62.0 Å². The molecule has 0 unspecified atom stereocenters. The first-order valence-corrected chi connectivity index (χ1v) is 12.0. The summed E-state index contributed by atoms with van der Waals surface area (Å²) >= 11 is 0. The first-order chi connectivity index (χ1) is 16.5. The SMILES string of the molecule is CCCC(=O)c1ccc2c(C(=O)[C@@H](NC[C@H](C)c3ccc(C)cc3)c3ccccc3)c[nH]c2c1. The van der Waals surface area contributed by atoms with Gasteiger partial charge in [-0.15, -0.1) is 0 Å². The van der Waals surface area contributed by atoms with E-state index in [1.165, 1.54) is 11.1 Å². The number of rotatable bonds is 10. The second-order valence-corrected chi connectivity index (χ2v) is 9.06. The number of nitrogens with one attached hydrogen (secondary N) is 2. The summed E-state index contributed by atoms with van der Waals surface area (Å²) in [5, 5.41) is 4.37. The Morgan fingerprint density at radius 2 is 1.68 bits per heavy atom. The van der Waals surface area contributed by atoms with Crippen molar-refractivity contribution in [2.24, 2.45) is 0 Å². The van der Waals surface area contributed by atoms with Crippen LogP contribution >= 0.6 is 0 Å². The number of ketones is 2.